The van der Waals surface area contributed by atoms with E-state index in [1.807, 2.05) is 0 Å². The van der Waals surface area contributed by atoms with Gasteiger partial charge in [0.15, 0.2) is 0 Å². The van der Waals surface area contributed by atoms with E-state index in [2.05, 4.69) is 5.32 Å². The van der Waals surface area contributed by atoms with Gasteiger partial charge in [-0.05, 0) is 30.3 Å². The van der Waals surface area contributed by atoms with Crippen molar-refractivity contribution in [3.05, 3.63) is 53.1 Å². The van der Waals surface area contributed by atoms with Crippen LogP contribution in [0.3, 0.4) is 0 Å². The molecule has 2 aromatic rings. The van der Waals surface area contributed by atoms with Crippen LogP contribution in [0.4, 0.5) is 5.69 Å². The number of benzene rings is 2. The Hall–Kier alpha value is -2.13. The lowest BCUT2D eigenvalue weighted by atomic mass is 10.2. The lowest BCUT2D eigenvalue weighted by Gasteiger charge is -2.26. The minimum Gasteiger partial charge on any atom is -0.497 e. The molecule has 1 aliphatic rings. The van der Waals surface area contributed by atoms with Crippen molar-refractivity contribution >= 4 is 33.2 Å². The lowest BCUT2D eigenvalue weighted by molar-refractivity contribution is 0.0730. The number of ether oxygens (including phenoxy) is 2. The Morgan fingerprint density at radius 2 is 1.93 bits per heavy atom. The molecule has 1 amide bonds. The SMILES string of the molecule is COc1cccc(NC(=O)c2ccc(Cl)c(S(=O)(=O)N3CCOCC3)c2)c1. The van der Waals surface area contributed by atoms with Crippen molar-refractivity contribution in [1.29, 1.82) is 0 Å². The number of methoxy groups -OCH3 is 1. The second-order valence-electron chi connectivity index (χ2n) is 5.85. The van der Waals surface area contributed by atoms with Gasteiger partial charge in [0.05, 0.1) is 25.3 Å². The largest absolute Gasteiger partial charge is 0.497 e. The Morgan fingerprint density at radius 1 is 1.19 bits per heavy atom. The van der Waals surface area contributed by atoms with Crippen LogP contribution < -0.4 is 10.1 Å². The van der Waals surface area contributed by atoms with E-state index < -0.39 is 15.9 Å². The van der Waals surface area contributed by atoms with Gasteiger partial charge in [0.25, 0.3) is 5.91 Å². The highest BCUT2D eigenvalue weighted by Gasteiger charge is 2.29. The number of anilines is 1. The summed E-state index contributed by atoms with van der Waals surface area (Å²) in [6.45, 7) is 1.15. The Balaban J connectivity index is 1.87. The third-order valence-electron chi connectivity index (χ3n) is 4.11. The van der Waals surface area contributed by atoms with Gasteiger partial charge < -0.3 is 14.8 Å². The maximum Gasteiger partial charge on any atom is 0.255 e. The number of carbonyl (C=O) groups excluding carboxylic acids is 1. The Kier molecular flexibility index (Phi) is 6.01. The molecule has 2 aromatic carbocycles. The lowest BCUT2D eigenvalue weighted by Crippen LogP contribution is -2.40. The maximum atomic E-state index is 12.9. The molecule has 0 bridgehead atoms. The zero-order valence-electron chi connectivity index (χ0n) is 14.6. The molecule has 27 heavy (non-hydrogen) atoms. The summed E-state index contributed by atoms with van der Waals surface area (Å²) in [5.41, 5.74) is 0.723. The van der Waals surface area contributed by atoms with Gasteiger partial charge in [-0.1, -0.05) is 17.7 Å². The summed E-state index contributed by atoms with van der Waals surface area (Å²) >= 11 is 6.12. The average molecular weight is 411 g/mol. The predicted molar refractivity (Wildman–Crippen MR) is 102 cm³/mol. The maximum absolute atomic E-state index is 12.9. The molecule has 144 valence electrons. The molecular weight excluding hydrogens is 392 g/mol. The molecule has 0 unspecified atom stereocenters. The van der Waals surface area contributed by atoms with Crippen LogP contribution in [0.15, 0.2) is 47.4 Å². The number of nitrogens with zero attached hydrogens (tertiary/aromatic N) is 1. The Morgan fingerprint density at radius 3 is 2.63 bits per heavy atom. The summed E-state index contributed by atoms with van der Waals surface area (Å²) in [7, 11) is -2.28. The van der Waals surface area contributed by atoms with E-state index in [0.717, 1.165) is 0 Å². The van der Waals surface area contributed by atoms with Crippen molar-refractivity contribution < 1.29 is 22.7 Å². The first-order chi connectivity index (χ1) is 12.9. The summed E-state index contributed by atoms with van der Waals surface area (Å²) < 4.78 is 37.4. The number of halogens is 1. The van der Waals surface area contributed by atoms with Gasteiger partial charge in [-0.2, -0.15) is 4.31 Å². The van der Waals surface area contributed by atoms with Gasteiger partial charge >= 0.3 is 0 Å². The fourth-order valence-corrected chi connectivity index (χ4v) is 4.58. The number of nitrogens with one attached hydrogen (secondary N) is 1. The molecule has 0 aliphatic carbocycles. The number of hydrogen-bond acceptors (Lipinski definition) is 5. The quantitative estimate of drug-likeness (QED) is 0.819. The summed E-state index contributed by atoms with van der Waals surface area (Å²) in [6.07, 6.45) is 0. The molecule has 1 fully saturated rings. The topological polar surface area (TPSA) is 84.9 Å². The van der Waals surface area contributed by atoms with Gasteiger partial charge in [-0.25, -0.2) is 8.42 Å². The Labute approximate surface area is 162 Å². The first-order valence-corrected chi connectivity index (χ1v) is 10.1. The van der Waals surface area contributed by atoms with E-state index in [4.69, 9.17) is 21.1 Å². The molecule has 1 heterocycles. The first kappa shape index (κ1) is 19.6. The van der Waals surface area contributed by atoms with Crippen molar-refractivity contribution in [1.82, 2.24) is 4.31 Å². The fourth-order valence-electron chi connectivity index (χ4n) is 2.67. The van der Waals surface area contributed by atoms with Crippen LogP contribution >= 0.6 is 11.6 Å². The molecule has 9 heteroatoms. The van der Waals surface area contributed by atoms with Crippen molar-refractivity contribution in [3.63, 3.8) is 0 Å². The zero-order chi connectivity index (χ0) is 19.4. The smallest absolute Gasteiger partial charge is 0.255 e. The molecule has 1 aliphatic heterocycles. The van der Waals surface area contributed by atoms with Gasteiger partial charge in [-0.3, -0.25) is 4.79 Å². The highest BCUT2D eigenvalue weighted by molar-refractivity contribution is 7.89. The first-order valence-electron chi connectivity index (χ1n) is 8.24. The number of rotatable bonds is 5. The van der Waals surface area contributed by atoms with Crippen LogP contribution in [0, 0.1) is 0 Å². The average Bonchev–Trinajstić information content (AvgIpc) is 2.69. The minimum atomic E-state index is -3.81. The highest BCUT2D eigenvalue weighted by Crippen LogP contribution is 2.27. The monoisotopic (exact) mass is 410 g/mol. The van der Waals surface area contributed by atoms with Gasteiger partial charge in [0.2, 0.25) is 10.0 Å². The summed E-state index contributed by atoms with van der Waals surface area (Å²) in [4.78, 5) is 12.5. The molecule has 0 aromatic heterocycles. The van der Waals surface area contributed by atoms with Gasteiger partial charge in [0, 0.05) is 30.4 Å². The summed E-state index contributed by atoms with van der Waals surface area (Å²) in [5, 5.41) is 2.79. The molecular formula is C18H19ClN2O5S. The molecule has 1 saturated heterocycles. The number of carbonyl (C=O) groups is 1. The van der Waals surface area contributed by atoms with Crippen LogP contribution in [0.1, 0.15) is 10.4 Å². The summed E-state index contributed by atoms with van der Waals surface area (Å²) in [6, 6.07) is 11.1. The molecule has 0 spiro atoms. The van der Waals surface area contributed by atoms with Crippen molar-refractivity contribution in [2.75, 3.05) is 38.7 Å². The van der Waals surface area contributed by atoms with Gasteiger partial charge in [0.1, 0.15) is 10.6 Å². The Bertz CT molecular complexity index is 943. The second kappa shape index (κ2) is 8.26. The third-order valence-corrected chi connectivity index (χ3v) is 6.49. The molecule has 0 saturated carbocycles. The number of sulfonamides is 1. The minimum absolute atomic E-state index is 0.0689. The number of hydrogen-bond donors (Lipinski definition) is 1. The standard InChI is InChI=1S/C18H19ClN2O5S/c1-25-15-4-2-3-14(12-15)20-18(22)13-5-6-16(19)17(11-13)27(23,24)21-7-9-26-10-8-21/h2-6,11-12H,7-10H2,1H3,(H,20,22). The van der Waals surface area contributed by atoms with E-state index in [9.17, 15) is 13.2 Å². The number of morpholine rings is 1. The van der Waals surface area contributed by atoms with E-state index in [0.29, 0.717) is 24.7 Å². The van der Waals surface area contributed by atoms with E-state index in [1.165, 1.54) is 29.6 Å². The normalized spacial score (nSPS) is 15.3. The van der Waals surface area contributed by atoms with Crippen LogP contribution in [0.25, 0.3) is 0 Å². The molecule has 0 atom stereocenters. The van der Waals surface area contributed by atoms with E-state index >= 15 is 0 Å². The van der Waals surface area contributed by atoms with Crippen molar-refractivity contribution in [3.8, 4) is 5.75 Å². The zero-order valence-corrected chi connectivity index (χ0v) is 16.2. The van der Waals surface area contributed by atoms with Crippen LogP contribution in [0.5, 0.6) is 5.75 Å². The van der Waals surface area contributed by atoms with Crippen molar-refractivity contribution in [2.45, 2.75) is 4.90 Å². The molecule has 1 N–H and O–H groups in total. The second-order valence-corrected chi connectivity index (χ2v) is 8.16. The molecule has 7 nitrogen and oxygen atoms in total. The third kappa shape index (κ3) is 4.41. The fraction of sp³-hybridized carbons (Fsp3) is 0.278. The molecule has 3 rings (SSSR count). The van der Waals surface area contributed by atoms with Crippen LogP contribution in [-0.2, 0) is 14.8 Å². The van der Waals surface area contributed by atoms with E-state index in [-0.39, 0.29) is 28.6 Å². The van der Waals surface area contributed by atoms with E-state index in [1.54, 1.807) is 24.3 Å². The highest BCUT2D eigenvalue weighted by atomic mass is 35.5. The molecule has 0 radical (unpaired) electrons. The van der Waals surface area contributed by atoms with Gasteiger partial charge in [-0.15, -0.1) is 0 Å². The predicted octanol–water partition coefficient (Wildman–Crippen LogP) is 2.62. The summed E-state index contributed by atoms with van der Waals surface area (Å²) in [5.74, 6) is 0.151. The number of amides is 1. The van der Waals surface area contributed by atoms with Crippen LogP contribution in [0.2, 0.25) is 5.02 Å². The van der Waals surface area contributed by atoms with Crippen LogP contribution in [-0.4, -0.2) is 52.0 Å². The van der Waals surface area contributed by atoms with Crippen molar-refractivity contribution in [2.24, 2.45) is 0 Å².